The van der Waals surface area contributed by atoms with Gasteiger partial charge in [-0.25, -0.2) is 9.50 Å². The van der Waals surface area contributed by atoms with Gasteiger partial charge in [-0.15, -0.1) is 0 Å². The summed E-state index contributed by atoms with van der Waals surface area (Å²) < 4.78 is 37.9. The molecule has 0 aliphatic heterocycles. The van der Waals surface area contributed by atoms with E-state index in [1.807, 2.05) is 6.07 Å². The Bertz CT molecular complexity index is 1150. The molecule has 0 radical (unpaired) electrons. The van der Waals surface area contributed by atoms with Gasteiger partial charge in [0.25, 0.3) is 5.91 Å². The first kappa shape index (κ1) is 21.7. The number of nitriles is 1. The monoisotopic (exact) mass is 431 g/mol. The highest BCUT2D eigenvalue weighted by Gasteiger charge is 2.27. The average Bonchev–Trinajstić information content (AvgIpc) is 3.16. The fourth-order valence-corrected chi connectivity index (χ4v) is 2.58. The molecule has 12 heteroatoms. The van der Waals surface area contributed by atoms with Crippen molar-refractivity contribution in [2.45, 2.75) is 32.1 Å². The van der Waals surface area contributed by atoms with Crippen LogP contribution in [0.1, 0.15) is 40.2 Å². The van der Waals surface area contributed by atoms with Crippen LogP contribution in [0.25, 0.3) is 5.65 Å². The van der Waals surface area contributed by atoms with Crippen molar-refractivity contribution in [3.63, 3.8) is 0 Å². The van der Waals surface area contributed by atoms with E-state index in [1.54, 1.807) is 12.3 Å². The molecule has 3 aromatic heterocycles. The molecule has 0 aliphatic carbocycles. The third-order valence-corrected chi connectivity index (χ3v) is 4.10. The number of amides is 2. The SMILES string of the molecule is N#Cc1ccnc(C(=O)NCc2cn3ncc(CNC(=O)CCC(F)(F)F)cc3n2)c1. The van der Waals surface area contributed by atoms with Crippen LogP contribution in [-0.4, -0.2) is 37.6 Å². The van der Waals surface area contributed by atoms with Gasteiger partial charge in [-0.2, -0.15) is 23.5 Å². The van der Waals surface area contributed by atoms with Gasteiger partial charge in [0.2, 0.25) is 5.91 Å². The van der Waals surface area contributed by atoms with E-state index in [0.29, 0.717) is 22.5 Å². The number of hydrogen-bond donors (Lipinski definition) is 2. The fraction of sp³-hybridized carbons (Fsp3) is 0.263. The molecular weight excluding hydrogens is 415 g/mol. The molecule has 3 rings (SSSR count). The number of carbonyl (C=O) groups is 2. The second kappa shape index (κ2) is 9.21. The lowest BCUT2D eigenvalue weighted by atomic mass is 10.2. The zero-order valence-electron chi connectivity index (χ0n) is 16.0. The van der Waals surface area contributed by atoms with Crippen molar-refractivity contribution in [2.75, 3.05) is 0 Å². The Labute approximate surface area is 173 Å². The minimum absolute atomic E-state index is 0.0139. The summed E-state index contributed by atoms with van der Waals surface area (Å²) >= 11 is 0. The molecule has 9 nitrogen and oxygen atoms in total. The Balaban J connectivity index is 1.57. The van der Waals surface area contributed by atoms with E-state index in [2.05, 4.69) is 25.7 Å². The lowest BCUT2D eigenvalue weighted by Gasteiger charge is -2.07. The summed E-state index contributed by atoms with van der Waals surface area (Å²) in [7, 11) is 0. The molecule has 0 saturated carbocycles. The predicted molar refractivity (Wildman–Crippen MR) is 100 cm³/mol. The maximum absolute atomic E-state index is 12.2. The molecule has 2 N–H and O–H groups in total. The summed E-state index contributed by atoms with van der Waals surface area (Å²) in [5.41, 5.74) is 1.92. The Hall–Kier alpha value is -4.01. The van der Waals surface area contributed by atoms with E-state index < -0.39 is 30.8 Å². The fourth-order valence-electron chi connectivity index (χ4n) is 2.58. The minimum atomic E-state index is -4.38. The maximum atomic E-state index is 12.2. The predicted octanol–water partition coefficient (Wildman–Crippen LogP) is 1.88. The minimum Gasteiger partial charge on any atom is -0.352 e. The normalized spacial score (nSPS) is 11.2. The highest BCUT2D eigenvalue weighted by molar-refractivity contribution is 5.92. The molecule has 0 spiro atoms. The van der Waals surface area contributed by atoms with Crippen molar-refractivity contribution >= 4 is 17.5 Å². The molecule has 0 atom stereocenters. The average molecular weight is 431 g/mol. The van der Waals surface area contributed by atoms with Crippen LogP contribution >= 0.6 is 0 Å². The third kappa shape index (κ3) is 6.23. The molecule has 0 unspecified atom stereocenters. The number of rotatable bonds is 7. The molecule has 0 fully saturated rings. The first-order valence-electron chi connectivity index (χ1n) is 9.04. The van der Waals surface area contributed by atoms with E-state index in [1.165, 1.54) is 29.0 Å². The second-order valence-corrected chi connectivity index (χ2v) is 6.51. The van der Waals surface area contributed by atoms with Gasteiger partial charge in [-0.3, -0.25) is 14.6 Å². The van der Waals surface area contributed by atoms with Crippen molar-refractivity contribution in [1.29, 1.82) is 5.26 Å². The van der Waals surface area contributed by atoms with Gasteiger partial charge < -0.3 is 10.6 Å². The number of pyridine rings is 1. The standard InChI is InChI=1S/C19H16F3N7O2/c20-19(21,22)3-1-17(30)25-8-13-6-16-28-14(11-29(16)27-9-13)10-26-18(31)15-5-12(7-23)2-4-24-15/h2,4-6,9,11H,1,3,8,10H2,(H,25,30)(H,26,31). The Morgan fingerprint density at radius 1 is 1.19 bits per heavy atom. The van der Waals surface area contributed by atoms with Gasteiger partial charge in [0.05, 0.1) is 42.7 Å². The number of nitrogens with zero attached hydrogens (tertiary/aromatic N) is 5. The molecule has 0 aromatic carbocycles. The van der Waals surface area contributed by atoms with Crippen molar-refractivity contribution in [3.05, 3.63) is 59.3 Å². The highest BCUT2D eigenvalue weighted by Crippen LogP contribution is 2.21. The van der Waals surface area contributed by atoms with Crippen LogP contribution < -0.4 is 10.6 Å². The number of carbonyl (C=O) groups excluding carboxylic acids is 2. The molecule has 0 aliphatic rings. The topological polar surface area (TPSA) is 125 Å². The van der Waals surface area contributed by atoms with Gasteiger partial charge in [0.15, 0.2) is 5.65 Å². The highest BCUT2D eigenvalue weighted by atomic mass is 19.4. The van der Waals surface area contributed by atoms with Crippen LogP contribution in [0.4, 0.5) is 13.2 Å². The smallest absolute Gasteiger partial charge is 0.352 e. The van der Waals surface area contributed by atoms with Crippen molar-refractivity contribution in [1.82, 2.24) is 30.2 Å². The van der Waals surface area contributed by atoms with Crippen LogP contribution in [0.5, 0.6) is 0 Å². The number of fused-ring (bicyclic) bond motifs is 1. The van der Waals surface area contributed by atoms with Crippen LogP contribution in [0.15, 0.2) is 36.8 Å². The van der Waals surface area contributed by atoms with Gasteiger partial charge >= 0.3 is 6.18 Å². The summed E-state index contributed by atoms with van der Waals surface area (Å²) in [5, 5.41) is 18.1. The molecule has 160 valence electrons. The summed E-state index contributed by atoms with van der Waals surface area (Å²) in [5.74, 6) is -1.18. The zero-order chi connectivity index (χ0) is 22.4. The zero-order valence-corrected chi connectivity index (χ0v) is 16.0. The Morgan fingerprint density at radius 2 is 2.00 bits per heavy atom. The van der Waals surface area contributed by atoms with Crippen molar-refractivity contribution in [2.24, 2.45) is 0 Å². The van der Waals surface area contributed by atoms with E-state index in [9.17, 15) is 22.8 Å². The Kier molecular flexibility index (Phi) is 6.44. The van der Waals surface area contributed by atoms with E-state index in [0.717, 1.165) is 0 Å². The quantitative estimate of drug-likeness (QED) is 0.589. The molecule has 3 aromatic rings. The summed E-state index contributed by atoms with van der Waals surface area (Å²) in [6.07, 6.45) is -1.78. The van der Waals surface area contributed by atoms with E-state index >= 15 is 0 Å². The first-order chi connectivity index (χ1) is 14.7. The molecule has 0 bridgehead atoms. The summed E-state index contributed by atoms with van der Waals surface area (Å²) in [4.78, 5) is 31.9. The number of aromatic nitrogens is 4. The number of alkyl halides is 3. The lowest BCUT2D eigenvalue weighted by molar-refractivity contribution is -0.144. The van der Waals surface area contributed by atoms with Crippen LogP contribution in [0.2, 0.25) is 0 Å². The van der Waals surface area contributed by atoms with Gasteiger partial charge in [0, 0.05) is 19.2 Å². The number of halogens is 3. The lowest BCUT2D eigenvalue weighted by Crippen LogP contribution is -2.24. The van der Waals surface area contributed by atoms with Crippen LogP contribution in [0.3, 0.4) is 0 Å². The number of imidazole rings is 1. The summed E-state index contributed by atoms with van der Waals surface area (Å²) in [6.45, 7) is 0.101. The third-order valence-electron chi connectivity index (χ3n) is 4.10. The molecule has 2 amide bonds. The first-order valence-corrected chi connectivity index (χ1v) is 9.04. The maximum Gasteiger partial charge on any atom is 0.389 e. The molecule has 31 heavy (non-hydrogen) atoms. The van der Waals surface area contributed by atoms with Crippen LogP contribution in [0, 0.1) is 11.3 Å². The molecule has 3 heterocycles. The van der Waals surface area contributed by atoms with Crippen molar-refractivity contribution in [3.8, 4) is 6.07 Å². The number of nitrogens with one attached hydrogen (secondary N) is 2. The van der Waals surface area contributed by atoms with E-state index in [4.69, 9.17) is 5.26 Å². The molecular formula is C19H16F3N7O2. The largest absolute Gasteiger partial charge is 0.389 e. The van der Waals surface area contributed by atoms with E-state index in [-0.39, 0.29) is 18.8 Å². The van der Waals surface area contributed by atoms with Crippen molar-refractivity contribution < 1.29 is 22.8 Å². The second-order valence-electron chi connectivity index (χ2n) is 6.51. The Morgan fingerprint density at radius 3 is 2.74 bits per heavy atom. The number of hydrogen-bond acceptors (Lipinski definition) is 6. The summed E-state index contributed by atoms with van der Waals surface area (Å²) in [6, 6.07) is 6.41. The van der Waals surface area contributed by atoms with Gasteiger partial charge in [0.1, 0.15) is 5.69 Å². The van der Waals surface area contributed by atoms with Gasteiger partial charge in [-0.1, -0.05) is 0 Å². The van der Waals surface area contributed by atoms with Gasteiger partial charge in [-0.05, 0) is 23.8 Å². The molecule has 0 saturated heterocycles. The van der Waals surface area contributed by atoms with Crippen LogP contribution in [-0.2, 0) is 17.9 Å².